The maximum atomic E-state index is 12.6. The second-order valence-electron chi connectivity index (χ2n) is 5.75. The lowest BCUT2D eigenvalue weighted by atomic mass is 9.89. The highest BCUT2D eigenvalue weighted by Gasteiger charge is 2.22. The predicted octanol–water partition coefficient (Wildman–Crippen LogP) is 2.52. The van der Waals surface area contributed by atoms with Gasteiger partial charge >= 0.3 is 0 Å². The maximum absolute atomic E-state index is 12.6. The van der Waals surface area contributed by atoms with Gasteiger partial charge in [-0.15, -0.1) is 0 Å². The van der Waals surface area contributed by atoms with Crippen molar-refractivity contribution in [2.45, 2.75) is 19.4 Å². The molecule has 1 saturated heterocycles. The molecule has 0 aliphatic carbocycles. The van der Waals surface area contributed by atoms with Crippen molar-refractivity contribution >= 4 is 16.6 Å². The summed E-state index contributed by atoms with van der Waals surface area (Å²) in [5.74, 6) is 0.947. The van der Waals surface area contributed by atoms with Crippen molar-refractivity contribution < 1.29 is 14.6 Å². The summed E-state index contributed by atoms with van der Waals surface area (Å²) in [5, 5.41) is 14.7. The molecule has 1 unspecified atom stereocenters. The van der Waals surface area contributed by atoms with Gasteiger partial charge in [0.1, 0.15) is 5.75 Å². The molecule has 3 rings (SSSR count). The third kappa shape index (κ3) is 2.72. The Kier molecular flexibility index (Phi) is 4.41. The van der Waals surface area contributed by atoms with Gasteiger partial charge < -0.3 is 15.2 Å². The number of benzene rings is 2. The molecule has 0 radical (unpaired) electrons. The Morgan fingerprint density at radius 1 is 1.36 bits per heavy atom. The molecule has 0 aromatic heterocycles. The summed E-state index contributed by atoms with van der Waals surface area (Å²) >= 11 is 0. The molecular weight excluding hydrogens is 278 g/mol. The second-order valence-corrected chi connectivity index (χ2v) is 5.75. The monoisotopic (exact) mass is 299 g/mol. The van der Waals surface area contributed by atoms with Crippen LogP contribution in [0.25, 0.3) is 10.8 Å². The van der Waals surface area contributed by atoms with Gasteiger partial charge in [0.05, 0.1) is 13.7 Å². The minimum absolute atomic E-state index is 0.0711. The predicted molar refractivity (Wildman–Crippen MR) is 86.3 cm³/mol. The molecule has 0 bridgehead atoms. The summed E-state index contributed by atoms with van der Waals surface area (Å²) < 4.78 is 5.28. The van der Waals surface area contributed by atoms with Crippen LogP contribution >= 0.6 is 0 Å². The third-order valence-corrected chi connectivity index (χ3v) is 4.42. The van der Waals surface area contributed by atoms with Crippen molar-refractivity contribution in [2.75, 3.05) is 20.2 Å². The van der Waals surface area contributed by atoms with Gasteiger partial charge in [0.2, 0.25) is 0 Å². The van der Waals surface area contributed by atoms with Crippen LogP contribution in [0.15, 0.2) is 30.3 Å². The van der Waals surface area contributed by atoms with Gasteiger partial charge in [0, 0.05) is 23.6 Å². The van der Waals surface area contributed by atoms with Gasteiger partial charge in [0.25, 0.3) is 0 Å². The van der Waals surface area contributed by atoms with Crippen LogP contribution < -0.4 is 10.1 Å². The number of nitrogens with one attached hydrogen (secondary N) is 1. The van der Waals surface area contributed by atoms with E-state index in [1.165, 1.54) is 0 Å². The highest BCUT2D eigenvalue weighted by molar-refractivity contribution is 6.02. The highest BCUT2D eigenvalue weighted by Crippen LogP contribution is 2.29. The van der Waals surface area contributed by atoms with E-state index in [2.05, 4.69) is 5.32 Å². The number of aliphatic hydroxyl groups excluding tert-OH is 1. The number of carbonyl (C=O) groups is 1. The summed E-state index contributed by atoms with van der Waals surface area (Å²) in [4.78, 5) is 12.6. The number of hydrogen-bond acceptors (Lipinski definition) is 4. The number of carbonyl (C=O) groups excluding carboxylic acids is 1. The first-order valence-electron chi connectivity index (χ1n) is 7.70. The van der Waals surface area contributed by atoms with Crippen molar-refractivity contribution in [3.05, 3.63) is 41.5 Å². The van der Waals surface area contributed by atoms with Gasteiger partial charge in [-0.25, -0.2) is 0 Å². The first-order valence-corrected chi connectivity index (χ1v) is 7.70. The zero-order valence-electron chi connectivity index (χ0n) is 12.8. The van der Waals surface area contributed by atoms with E-state index >= 15 is 0 Å². The fourth-order valence-electron chi connectivity index (χ4n) is 3.19. The zero-order valence-corrected chi connectivity index (χ0v) is 12.8. The Hall–Kier alpha value is -1.91. The lowest BCUT2D eigenvalue weighted by Gasteiger charge is -2.21. The van der Waals surface area contributed by atoms with Gasteiger partial charge in [-0.05, 0) is 42.3 Å². The number of fused-ring (bicyclic) bond motifs is 1. The number of hydrogen-bond donors (Lipinski definition) is 2. The number of methoxy groups -OCH3 is 1. The van der Waals surface area contributed by atoms with E-state index in [-0.39, 0.29) is 18.3 Å². The largest absolute Gasteiger partial charge is 0.496 e. The average Bonchev–Trinajstić information content (AvgIpc) is 2.60. The lowest BCUT2D eigenvalue weighted by molar-refractivity contribution is 0.0900. The summed E-state index contributed by atoms with van der Waals surface area (Å²) in [6.07, 6.45) is 2.00. The minimum atomic E-state index is -0.0830. The van der Waals surface area contributed by atoms with Crippen molar-refractivity contribution in [1.29, 1.82) is 0 Å². The molecule has 1 aliphatic rings. The van der Waals surface area contributed by atoms with E-state index in [0.717, 1.165) is 47.8 Å². The number of aliphatic hydroxyl groups is 1. The normalized spacial score (nSPS) is 18.4. The number of Topliss-reactive ketones (excluding diaryl/α,β-unsaturated/α-hetero) is 1. The van der Waals surface area contributed by atoms with Crippen LogP contribution in [0.1, 0.15) is 28.8 Å². The molecule has 4 heteroatoms. The molecule has 2 aromatic carbocycles. The Labute approximate surface area is 130 Å². The van der Waals surface area contributed by atoms with Crippen LogP contribution in [0, 0.1) is 5.92 Å². The standard InChI is InChI=1S/C18H21NO3/c1-22-17-7-5-12-9-13(4-6-15(12)16(17)11-20)18(21)14-3-2-8-19-10-14/h4-7,9,14,19-20H,2-3,8,10-11H2,1H3. The van der Waals surface area contributed by atoms with Crippen LogP contribution in [0.4, 0.5) is 0 Å². The molecule has 1 fully saturated rings. The van der Waals surface area contributed by atoms with E-state index in [4.69, 9.17) is 4.74 Å². The van der Waals surface area contributed by atoms with Crippen LogP contribution in [0.5, 0.6) is 5.75 Å². The Morgan fingerprint density at radius 3 is 2.91 bits per heavy atom. The molecule has 4 nitrogen and oxygen atoms in total. The van der Waals surface area contributed by atoms with Crippen molar-refractivity contribution in [3.8, 4) is 5.75 Å². The van der Waals surface area contributed by atoms with Crippen LogP contribution in [0.3, 0.4) is 0 Å². The summed E-state index contributed by atoms with van der Waals surface area (Å²) in [5.41, 5.74) is 1.51. The first-order chi connectivity index (χ1) is 10.7. The number of ketones is 1. The van der Waals surface area contributed by atoms with E-state index in [1.54, 1.807) is 7.11 Å². The molecule has 22 heavy (non-hydrogen) atoms. The number of rotatable bonds is 4. The summed E-state index contributed by atoms with van der Waals surface area (Å²) in [6, 6.07) is 9.46. The molecule has 1 aliphatic heterocycles. The minimum Gasteiger partial charge on any atom is -0.496 e. The molecule has 0 spiro atoms. The van der Waals surface area contributed by atoms with Gasteiger partial charge in [-0.2, -0.15) is 0 Å². The highest BCUT2D eigenvalue weighted by atomic mass is 16.5. The topological polar surface area (TPSA) is 58.6 Å². The Morgan fingerprint density at radius 2 is 2.23 bits per heavy atom. The van der Waals surface area contributed by atoms with Gasteiger partial charge in [0.15, 0.2) is 5.78 Å². The molecule has 1 atom stereocenters. The number of piperidine rings is 1. The second kappa shape index (κ2) is 6.46. The van der Waals surface area contributed by atoms with Crippen LogP contribution in [-0.4, -0.2) is 31.1 Å². The van der Waals surface area contributed by atoms with Crippen molar-refractivity contribution in [2.24, 2.45) is 5.92 Å². The van der Waals surface area contributed by atoms with Crippen LogP contribution in [-0.2, 0) is 6.61 Å². The van der Waals surface area contributed by atoms with E-state index in [9.17, 15) is 9.90 Å². The van der Waals surface area contributed by atoms with Gasteiger partial charge in [-0.3, -0.25) is 4.79 Å². The molecule has 0 saturated carbocycles. The zero-order chi connectivity index (χ0) is 15.5. The van der Waals surface area contributed by atoms with E-state index < -0.39 is 0 Å². The molecule has 116 valence electrons. The number of ether oxygens (including phenoxy) is 1. The molecule has 2 aromatic rings. The first kappa shape index (κ1) is 15.0. The van der Waals surface area contributed by atoms with Crippen molar-refractivity contribution in [1.82, 2.24) is 5.32 Å². The van der Waals surface area contributed by atoms with E-state index in [0.29, 0.717) is 5.75 Å². The maximum Gasteiger partial charge on any atom is 0.167 e. The Balaban J connectivity index is 1.97. The third-order valence-electron chi connectivity index (χ3n) is 4.42. The SMILES string of the molecule is COc1ccc2cc(C(=O)C3CCCNC3)ccc2c1CO. The van der Waals surface area contributed by atoms with E-state index in [1.807, 2.05) is 30.3 Å². The Bertz CT molecular complexity index is 690. The molecule has 0 amide bonds. The molecule has 2 N–H and O–H groups in total. The lowest BCUT2D eigenvalue weighted by Crippen LogP contribution is -2.34. The summed E-state index contributed by atoms with van der Waals surface area (Å²) in [7, 11) is 1.59. The fraction of sp³-hybridized carbons (Fsp3) is 0.389. The molecular formula is C18H21NO3. The summed E-state index contributed by atoms with van der Waals surface area (Å²) in [6.45, 7) is 1.68. The quantitative estimate of drug-likeness (QED) is 0.852. The fourth-order valence-corrected chi connectivity index (χ4v) is 3.19. The average molecular weight is 299 g/mol. The van der Waals surface area contributed by atoms with Crippen LogP contribution in [0.2, 0.25) is 0 Å². The smallest absolute Gasteiger partial charge is 0.167 e. The van der Waals surface area contributed by atoms with Crippen molar-refractivity contribution in [3.63, 3.8) is 0 Å². The van der Waals surface area contributed by atoms with Gasteiger partial charge in [-0.1, -0.05) is 18.2 Å². The molecule has 1 heterocycles.